The van der Waals surface area contributed by atoms with Crippen LogP contribution < -0.4 is 24.8 Å². The molecule has 0 saturated heterocycles. The lowest BCUT2D eigenvalue weighted by atomic mass is 10.1. The van der Waals surface area contributed by atoms with E-state index in [1.54, 1.807) is 42.5 Å². The van der Waals surface area contributed by atoms with Crippen LogP contribution in [-0.2, 0) is 9.59 Å². The normalized spacial score (nSPS) is 13.2. The van der Waals surface area contributed by atoms with E-state index in [2.05, 4.69) is 10.6 Å². The zero-order chi connectivity index (χ0) is 23.8. The zero-order valence-electron chi connectivity index (χ0n) is 18.1. The van der Waals surface area contributed by atoms with Crippen LogP contribution >= 0.6 is 11.8 Å². The second-order valence-corrected chi connectivity index (χ2v) is 7.96. The minimum absolute atomic E-state index is 0.0934. The molecule has 0 saturated carbocycles. The minimum atomic E-state index is -1.16. The van der Waals surface area contributed by atoms with E-state index in [4.69, 9.17) is 14.2 Å². The minimum Gasteiger partial charge on any atom is -0.496 e. The quantitative estimate of drug-likeness (QED) is 0.451. The lowest BCUT2D eigenvalue weighted by molar-refractivity contribution is -0.141. The van der Waals surface area contributed by atoms with Crippen molar-refractivity contribution in [3.63, 3.8) is 0 Å². The molecule has 3 N–H and O–H groups in total. The molecule has 1 heterocycles. The number of fused-ring (bicyclic) bond motifs is 1. The van der Waals surface area contributed by atoms with Crippen LogP contribution in [0.15, 0.2) is 48.2 Å². The van der Waals surface area contributed by atoms with E-state index in [1.807, 2.05) is 6.26 Å². The smallest absolute Gasteiger partial charge is 0.326 e. The molecule has 1 aliphatic rings. The van der Waals surface area contributed by atoms with Gasteiger partial charge in [0.2, 0.25) is 6.79 Å². The Balaban J connectivity index is 1.90. The zero-order valence-corrected chi connectivity index (χ0v) is 18.9. The number of carbonyl (C=O) groups is 3. The molecule has 0 aliphatic carbocycles. The van der Waals surface area contributed by atoms with E-state index in [-0.39, 0.29) is 24.5 Å². The van der Waals surface area contributed by atoms with Crippen molar-refractivity contribution in [1.29, 1.82) is 0 Å². The molecular weight excluding hydrogens is 448 g/mol. The molecule has 2 aromatic carbocycles. The van der Waals surface area contributed by atoms with Crippen molar-refractivity contribution in [2.24, 2.45) is 0 Å². The highest BCUT2D eigenvalue weighted by molar-refractivity contribution is 7.98. The summed E-state index contributed by atoms with van der Waals surface area (Å²) < 4.78 is 15.9. The molecule has 0 radical (unpaired) electrons. The van der Waals surface area contributed by atoms with Gasteiger partial charge in [-0.15, -0.1) is 0 Å². The molecule has 0 unspecified atom stereocenters. The number of amides is 2. The fraction of sp³-hybridized carbons (Fsp3) is 0.261. The van der Waals surface area contributed by atoms with Crippen molar-refractivity contribution >= 4 is 35.6 Å². The SMILES string of the molecule is COc1ccccc1C(=O)N/C(=C\c1ccc2c(c1)OCO2)C(=O)N[C@H](CCSC)C(=O)O. The number of para-hydroxylation sites is 1. The number of thioether (sulfide) groups is 1. The largest absolute Gasteiger partial charge is 0.496 e. The number of carboxylic acids is 1. The fourth-order valence-electron chi connectivity index (χ4n) is 3.08. The van der Waals surface area contributed by atoms with Gasteiger partial charge >= 0.3 is 5.97 Å². The molecule has 0 aromatic heterocycles. The van der Waals surface area contributed by atoms with Crippen LogP contribution in [0.2, 0.25) is 0 Å². The maximum absolute atomic E-state index is 13.0. The third kappa shape index (κ3) is 6.19. The van der Waals surface area contributed by atoms with Crippen LogP contribution in [0.1, 0.15) is 22.3 Å². The van der Waals surface area contributed by atoms with Gasteiger partial charge in [-0.25, -0.2) is 4.79 Å². The molecule has 3 rings (SSSR count). The van der Waals surface area contributed by atoms with Crippen LogP contribution in [0.3, 0.4) is 0 Å². The molecular formula is C23H24N2O7S. The number of aliphatic carboxylic acids is 1. The molecule has 1 atom stereocenters. The van der Waals surface area contributed by atoms with Gasteiger partial charge in [-0.3, -0.25) is 9.59 Å². The van der Waals surface area contributed by atoms with Gasteiger partial charge in [0, 0.05) is 0 Å². The standard InChI is InChI=1S/C23H24N2O7S/c1-30-18-6-4-3-5-15(18)21(26)25-17(22(27)24-16(23(28)29)9-10-33-2)11-14-7-8-19-20(12-14)32-13-31-19/h3-8,11-12,16H,9-10,13H2,1-2H3,(H,24,27)(H,25,26)(H,28,29)/b17-11-/t16-/m1/s1. The average molecular weight is 473 g/mol. The Morgan fingerprint density at radius 1 is 1.18 bits per heavy atom. The Bertz CT molecular complexity index is 1070. The molecule has 9 nitrogen and oxygen atoms in total. The highest BCUT2D eigenvalue weighted by Crippen LogP contribution is 2.33. The van der Waals surface area contributed by atoms with Crippen molar-refractivity contribution in [3.05, 3.63) is 59.3 Å². The van der Waals surface area contributed by atoms with Gasteiger partial charge < -0.3 is 30.0 Å². The van der Waals surface area contributed by atoms with Crippen molar-refractivity contribution in [1.82, 2.24) is 10.6 Å². The van der Waals surface area contributed by atoms with Gasteiger partial charge in [0.15, 0.2) is 11.5 Å². The number of carbonyl (C=O) groups excluding carboxylic acids is 2. The first kappa shape index (κ1) is 24.0. The highest BCUT2D eigenvalue weighted by atomic mass is 32.2. The Hall–Kier alpha value is -3.66. The van der Waals surface area contributed by atoms with Crippen LogP contribution in [0.5, 0.6) is 17.2 Å². The van der Waals surface area contributed by atoms with Crippen molar-refractivity contribution in [2.45, 2.75) is 12.5 Å². The first-order chi connectivity index (χ1) is 15.9. The average Bonchev–Trinajstić information content (AvgIpc) is 3.28. The number of benzene rings is 2. The number of hydrogen-bond acceptors (Lipinski definition) is 7. The van der Waals surface area contributed by atoms with Crippen LogP contribution in [-0.4, -0.2) is 54.8 Å². The third-order valence-electron chi connectivity index (χ3n) is 4.77. The molecule has 2 amide bonds. The molecule has 10 heteroatoms. The van der Waals surface area contributed by atoms with Crippen molar-refractivity contribution in [2.75, 3.05) is 25.9 Å². The Morgan fingerprint density at radius 2 is 1.94 bits per heavy atom. The first-order valence-corrected chi connectivity index (χ1v) is 11.4. The second-order valence-electron chi connectivity index (χ2n) is 6.97. The summed E-state index contributed by atoms with van der Waals surface area (Å²) in [6.45, 7) is 0.0934. The number of nitrogens with one attached hydrogen (secondary N) is 2. The predicted molar refractivity (Wildman–Crippen MR) is 124 cm³/mol. The van der Waals surface area contributed by atoms with Gasteiger partial charge in [-0.2, -0.15) is 11.8 Å². The Morgan fingerprint density at radius 3 is 2.67 bits per heavy atom. The number of carboxylic acid groups (broad SMARTS) is 1. The lowest BCUT2D eigenvalue weighted by Gasteiger charge is -2.17. The van der Waals surface area contributed by atoms with Gasteiger partial charge in [-0.05, 0) is 54.3 Å². The van der Waals surface area contributed by atoms with E-state index >= 15 is 0 Å². The number of hydrogen-bond donors (Lipinski definition) is 3. The summed E-state index contributed by atoms with van der Waals surface area (Å²) in [6, 6.07) is 10.5. The summed E-state index contributed by atoms with van der Waals surface area (Å²) in [4.78, 5) is 37.6. The predicted octanol–water partition coefficient (Wildman–Crippen LogP) is 2.52. The summed E-state index contributed by atoms with van der Waals surface area (Å²) in [5, 5.41) is 14.5. The second kappa shape index (κ2) is 11.3. The van der Waals surface area contributed by atoms with Gasteiger partial charge in [0.05, 0.1) is 12.7 Å². The third-order valence-corrected chi connectivity index (χ3v) is 5.41. The molecule has 1 aliphatic heterocycles. The molecule has 0 spiro atoms. The Kier molecular flexibility index (Phi) is 8.20. The first-order valence-electron chi connectivity index (χ1n) is 10.0. The van der Waals surface area contributed by atoms with Crippen LogP contribution in [0.25, 0.3) is 6.08 Å². The number of methoxy groups -OCH3 is 1. The molecule has 174 valence electrons. The van der Waals surface area contributed by atoms with E-state index in [1.165, 1.54) is 24.9 Å². The van der Waals surface area contributed by atoms with Crippen molar-refractivity contribution in [3.8, 4) is 17.2 Å². The summed E-state index contributed by atoms with van der Waals surface area (Å²) in [6.07, 6.45) is 3.53. The lowest BCUT2D eigenvalue weighted by Crippen LogP contribution is -2.44. The monoisotopic (exact) mass is 472 g/mol. The van der Waals surface area contributed by atoms with E-state index in [0.29, 0.717) is 28.6 Å². The van der Waals surface area contributed by atoms with Crippen LogP contribution in [0, 0.1) is 0 Å². The van der Waals surface area contributed by atoms with E-state index < -0.39 is 23.8 Å². The molecule has 0 bridgehead atoms. The van der Waals surface area contributed by atoms with Crippen molar-refractivity contribution < 1.29 is 33.7 Å². The highest BCUT2D eigenvalue weighted by Gasteiger charge is 2.24. The summed E-state index contributed by atoms with van der Waals surface area (Å²) in [5.41, 5.74) is 0.655. The topological polar surface area (TPSA) is 123 Å². The van der Waals surface area contributed by atoms with E-state index in [9.17, 15) is 19.5 Å². The summed E-state index contributed by atoms with van der Waals surface area (Å²) >= 11 is 1.47. The van der Waals surface area contributed by atoms with Crippen LogP contribution in [0.4, 0.5) is 0 Å². The summed E-state index contributed by atoms with van der Waals surface area (Å²) in [5.74, 6) is -0.513. The van der Waals surface area contributed by atoms with Gasteiger partial charge in [0.1, 0.15) is 17.5 Å². The number of ether oxygens (including phenoxy) is 3. The maximum atomic E-state index is 13.0. The molecule has 33 heavy (non-hydrogen) atoms. The van der Waals surface area contributed by atoms with E-state index in [0.717, 1.165) is 0 Å². The fourth-order valence-corrected chi connectivity index (χ4v) is 3.55. The maximum Gasteiger partial charge on any atom is 0.326 e. The number of rotatable bonds is 10. The van der Waals surface area contributed by atoms with Gasteiger partial charge in [-0.1, -0.05) is 18.2 Å². The molecule has 0 fully saturated rings. The molecule has 2 aromatic rings. The Labute approximate surface area is 195 Å². The van der Waals surface area contributed by atoms with Gasteiger partial charge in [0.25, 0.3) is 11.8 Å². The summed E-state index contributed by atoms with van der Waals surface area (Å²) in [7, 11) is 1.44.